The predicted octanol–water partition coefficient (Wildman–Crippen LogP) is 2.15. The molecule has 0 aliphatic heterocycles. The number of hydrogen-bond donors (Lipinski definition) is 2. The molecule has 0 aliphatic carbocycles. The Hall–Kier alpha value is -2.07. The lowest BCUT2D eigenvalue weighted by Crippen LogP contribution is -2.11. The van der Waals surface area contributed by atoms with Gasteiger partial charge in [-0.25, -0.2) is 4.79 Å². The van der Waals surface area contributed by atoms with Gasteiger partial charge in [0.15, 0.2) is 0 Å². The average molecular weight is 245 g/mol. The highest BCUT2D eigenvalue weighted by Gasteiger charge is 2.14. The van der Waals surface area contributed by atoms with Crippen molar-refractivity contribution in [2.24, 2.45) is 0 Å². The summed E-state index contributed by atoms with van der Waals surface area (Å²) in [7, 11) is 0. The minimum absolute atomic E-state index is 0.0895. The van der Waals surface area contributed by atoms with Gasteiger partial charge in [-0.2, -0.15) is 0 Å². The van der Waals surface area contributed by atoms with Crippen molar-refractivity contribution in [2.45, 2.75) is 13.5 Å². The van der Waals surface area contributed by atoms with E-state index in [4.69, 9.17) is 10.2 Å². The van der Waals surface area contributed by atoms with Crippen LogP contribution in [-0.2, 0) is 6.54 Å². The highest BCUT2D eigenvalue weighted by molar-refractivity contribution is 5.87. The molecular weight excluding hydrogens is 230 g/mol. The number of aliphatic hydroxyl groups is 1. The first kappa shape index (κ1) is 12.4. The molecule has 1 aromatic carbocycles. The molecule has 0 unspecified atom stereocenters. The van der Waals surface area contributed by atoms with E-state index in [0.717, 1.165) is 16.8 Å². The summed E-state index contributed by atoms with van der Waals surface area (Å²) in [6.45, 7) is 2.19. The molecule has 0 aliphatic rings. The number of aryl methyl sites for hydroxylation is 1. The van der Waals surface area contributed by atoms with Gasteiger partial charge in [0, 0.05) is 12.2 Å². The SMILES string of the molecule is Cc1ccc(-c2ccc(C(=O)O)n2CCO)cc1. The minimum atomic E-state index is -0.984. The lowest BCUT2D eigenvalue weighted by molar-refractivity contribution is 0.0684. The first-order valence-corrected chi connectivity index (χ1v) is 5.74. The molecule has 1 heterocycles. The maximum atomic E-state index is 11.1. The van der Waals surface area contributed by atoms with Crippen LogP contribution in [0.4, 0.5) is 0 Å². The molecule has 4 nitrogen and oxygen atoms in total. The molecule has 0 spiro atoms. The van der Waals surface area contributed by atoms with Crippen molar-refractivity contribution in [3.8, 4) is 11.3 Å². The van der Waals surface area contributed by atoms with Gasteiger partial charge in [0.2, 0.25) is 0 Å². The van der Waals surface area contributed by atoms with Crippen molar-refractivity contribution >= 4 is 5.97 Å². The van der Waals surface area contributed by atoms with Crippen LogP contribution in [0, 0.1) is 6.92 Å². The zero-order valence-electron chi connectivity index (χ0n) is 10.1. The molecule has 0 bridgehead atoms. The topological polar surface area (TPSA) is 62.5 Å². The van der Waals surface area contributed by atoms with Crippen LogP contribution in [0.15, 0.2) is 36.4 Å². The zero-order valence-corrected chi connectivity index (χ0v) is 10.1. The summed E-state index contributed by atoms with van der Waals surface area (Å²) in [6, 6.07) is 11.2. The third-order valence-electron chi connectivity index (χ3n) is 2.87. The Morgan fingerprint density at radius 2 is 1.83 bits per heavy atom. The Kier molecular flexibility index (Phi) is 3.48. The van der Waals surface area contributed by atoms with Gasteiger partial charge in [-0.3, -0.25) is 0 Å². The summed E-state index contributed by atoms with van der Waals surface area (Å²) in [5.74, 6) is -0.984. The van der Waals surface area contributed by atoms with Crippen LogP contribution >= 0.6 is 0 Å². The fraction of sp³-hybridized carbons (Fsp3) is 0.214. The number of aromatic nitrogens is 1. The van der Waals surface area contributed by atoms with Gasteiger partial charge in [0.05, 0.1) is 6.61 Å². The number of benzene rings is 1. The van der Waals surface area contributed by atoms with E-state index in [-0.39, 0.29) is 18.8 Å². The zero-order chi connectivity index (χ0) is 13.1. The second kappa shape index (κ2) is 5.06. The maximum Gasteiger partial charge on any atom is 0.352 e. The molecular formula is C14H15NO3. The fourth-order valence-electron chi connectivity index (χ4n) is 1.97. The van der Waals surface area contributed by atoms with Gasteiger partial charge >= 0.3 is 5.97 Å². The molecule has 4 heteroatoms. The number of nitrogens with zero attached hydrogens (tertiary/aromatic N) is 1. The quantitative estimate of drug-likeness (QED) is 0.867. The van der Waals surface area contributed by atoms with Gasteiger partial charge in [-0.05, 0) is 24.6 Å². The van der Waals surface area contributed by atoms with Gasteiger partial charge in [-0.1, -0.05) is 29.8 Å². The molecule has 0 radical (unpaired) electrons. The Bertz CT molecular complexity index is 555. The van der Waals surface area contributed by atoms with Crippen LogP contribution in [0.1, 0.15) is 16.1 Å². The largest absolute Gasteiger partial charge is 0.477 e. The molecule has 0 saturated carbocycles. The molecule has 0 amide bonds. The van der Waals surface area contributed by atoms with Crippen LogP contribution in [0.2, 0.25) is 0 Å². The molecule has 0 atom stereocenters. The van der Waals surface area contributed by atoms with Crippen molar-refractivity contribution in [3.63, 3.8) is 0 Å². The summed E-state index contributed by atoms with van der Waals surface area (Å²) >= 11 is 0. The Morgan fingerprint density at radius 1 is 1.17 bits per heavy atom. The lowest BCUT2D eigenvalue weighted by Gasteiger charge is -2.10. The van der Waals surface area contributed by atoms with Crippen molar-refractivity contribution in [2.75, 3.05) is 6.61 Å². The van der Waals surface area contributed by atoms with Crippen molar-refractivity contribution < 1.29 is 15.0 Å². The standard InChI is InChI=1S/C14H15NO3/c1-10-2-4-11(5-3-10)12-6-7-13(14(17)18)15(12)8-9-16/h2-7,16H,8-9H2,1H3,(H,17,18). The minimum Gasteiger partial charge on any atom is -0.477 e. The van der Waals surface area contributed by atoms with E-state index in [1.165, 1.54) is 0 Å². The summed E-state index contributed by atoms with van der Waals surface area (Å²) < 4.78 is 1.62. The van der Waals surface area contributed by atoms with Gasteiger partial charge in [-0.15, -0.1) is 0 Å². The van der Waals surface area contributed by atoms with E-state index in [1.807, 2.05) is 31.2 Å². The van der Waals surface area contributed by atoms with E-state index in [9.17, 15) is 4.79 Å². The van der Waals surface area contributed by atoms with Crippen molar-refractivity contribution in [1.82, 2.24) is 4.57 Å². The molecule has 18 heavy (non-hydrogen) atoms. The van der Waals surface area contributed by atoms with Crippen molar-refractivity contribution in [3.05, 3.63) is 47.7 Å². The van der Waals surface area contributed by atoms with Gasteiger partial charge in [0.25, 0.3) is 0 Å². The van der Waals surface area contributed by atoms with Crippen LogP contribution in [0.3, 0.4) is 0 Å². The number of carboxylic acids is 1. The summed E-state index contributed by atoms with van der Waals surface area (Å²) in [5, 5.41) is 18.1. The molecule has 2 aromatic rings. The normalized spacial score (nSPS) is 10.6. The number of rotatable bonds is 4. The smallest absolute Gasteiger partial charge is 0.352 e. The molecule has 1 aromatic heterocycles. The summed E-state index contributed by atoms with van der Waals surface area (Å²) in [4.78, 5) is 11.1. The van der Waals surface area contributed by atoms with Gasteiger partial charge < -0.3 is 14.8 Å². The van der Waals surface area contributed by atoms with E-state index in [2.05, 4.69) is 0 Å². The van der Waals surface area contributed by atoms with Crippen LogP contribution < -0.4 is 0 Å². The third kappa shape index (κ3) is 2.28. The third-order valence-corrected chi connectivity index (χ3v) is 2.87. The first-order valence-electron chi connectivity index (χ1n) is 5.74. The number of carboxylic acid groups (broad SMARTS) is 1. The van der Waals surface area contributed by atoms with E-state index in [0.29, 0.717) is 0 Å². The molecule has 0 fully saturated rings. The molecule has 2 N–H and O–H groups in total. The second-order valence-corrected chi connectivity index (χ2v) is 4.15. The molecule has 94 valence electrons. The number of aliphatic hydroxyl groups excluding tert-OH is 1. The Labute approximate surface area is 105 Å². The number of hydrogen-bond acceptors (Lipinski definition) is 2. The van der Waals surface area contributed by atoms with E-state index in [1.54, 1.807) is 16.7 Å². The van der Waals surface area contributed by atoms with E-state index < -0.39 is 5.97 Å². The molecule has 0 saturated heterocycles. The lowest BCUT2D eigenvalue weighted by atomic mass is 10.1. The Balaban J connectivity index is 2.50. The van der Waals surface area contributed by atoms with Crippen LogP contribution in [0.25, 0.3) is 11.3 Å². The molecule has 2 rings (SSSR count). The maximum absolute atomic E-state index is 11.1. The van der Waals surface area contributed by atoms with Crippen LogP contribution in [-0.4, -0.2) is 27.4 Å². The predicted molar refractivity (Wildman–Crippen MR) is 68.7 cm³/mol. The van der Waals surface area contributed by atoms with Crippen molar-refractivity contribution in [1.29, 1.82) is 0 Å². The number of carbonyl (C=O) groups is 1. The number of aromatic carboxylic acids is 1. The van der Waals surface area contributed by atoms with Crippen LogP contribution in [0.5, 0.6) is 0 Å². The fourth-order valence-corrected chi connectivity index (χ4v) is 1.97. The van der Waals surface area contributed by atoms with Gasteiger partial charge in [0.1, 0.15) is 5.69 Å². The highest BCUT2D eigenvalue weighted by atomic mass is 16.4. The summed E-state index contributed by atoms with van der Waals surface area (Å²) in [6.07, 6.45) is 0. The monoisotopic (exact) mass is 245 g/mol. The highest BCUT2D eigenvalue weighted by Crippen LogP contribution is 2.23. The van der Waals surface area contributed by atoms with E-state index >= 15 is 0 Å². The Morgan fingerprint density at radius 3 is 2.39 bits per heavy atom. The summed E-state index contributed by atoms with van der Waals surface area (Å²) in [5.41, 5.74) is 3.10. The second-order valence-electron chi connectivity index (χ2n) is 4.15. The average Bonchev–Trinajstić information content (AvgIpc) is 2.74. The first-order chi connectivity index (χ1) is 8.63.